The van der Waals surface area contributed by atoms with Gasteiger partial charge in [0.15, 0.2) is 0 Å². The number of rotatable bonds is 3. The molecular formula is C9H10ClNO3S2. The monoisotopic (exact) mass is 279 g/mol. The third-order valence-corrected chi connectivity index (χ3v) is 5.54. The van der Waals surface area contributed by atoms with Crippen molar-refractivity contribution in [2.45, 2.75) is 23.6 Å². The Bertz CT molecular complexity index is 523. The van der Waals surface area contributed by atoms with Crippen LogP contribution in [0.2, 0.25) is 0 Å². The number of nitrogens with one attached hydrogen (secondary N) is 1. The Balaban J connectivity index is 2.10. The lowest BCUT2D eigenvalue weighted by molar-refractivity contribution is 0.0949. The maximum absolute atomic E-state index is 11.6. The van der Waals surface area contributed by atoms with Crippen LogP contribution in [0.1, 0.15) is 23.7 Å². The fourth-order valence-corrected chi connectivity index (χ4v) is 3.28. The summed E-state index contributed by atoms with van der Waals surface area (Å²) in [5.41, 5.74) is 0.350. The Kier molecular flexibility index (Phi) is 2.98. The molecular weight excluding hydrogens is 270 g/mol. The normalized spacial score (nSPS) is 24.1. The molecule has 2 atom stereocenters. The molecule has 0 aliphatic heterocycles. The molecule has 1 aromatic heterocycles. The molecule has 1 heterocycles. The van der Waals surface area contributed by atoms with E-state index in [2.05, 4.69) is 5.32 Å². The van der Waals surface area contributed by atoms with Crippen LogP contribution in [-0.2, 0) is 9.05 Å². The van der Waals surface area contributed by atoms with Crippen molar-refractivity contribution in [3.63, 3.8) is 0 Å². The molecule has 1 saturated carbocycles. The molecule has 1 aliphatic rings. The minimum Gasteiger partial charge on any atom is -0.349 e. The van der Waals surface area contributed by atoms with Crippen molar-refractivity contribution in [2.24, 2.45) is 5.92 Å². The highest BCUT2D eigenvalue weighted by Crippen LogP contribution is 2.30. The van der Waals surface area contributed by atoms with Crippen LogP contribution in [0, 0.1) is 5.92 Å². The van der Waals surface area contributed by atoms with Gasteiger partial charge in [0.25, 0.3) is 15.0 Å². The van der Waals surface area contributed by atoms with E-state index in [1.165, 1.54) is 11.4 Å². The predicted molar refractivity (Wildman–Crippen MR) is 62.4 cm³/mol. The standard InChI is InChI=1S/C9H10ClNO3S2/c1-5-2-7(5)11-9(12)6-3-8(15-4-6)16(10,13)14/h3-5,7H,2H2,1H3,(H,11,12). The van der Waals surface area contributed by atoms with Crippen molar-refractivity contribution in [1.29, 1.82) is 0 Å². The molecule has 0 radical (unpaired) electrons. The van der Waals surface area contributed by atoms with Crippen molar-refractivity contribution >= 4 is 37.0 Å². The first-order chi connectivity index (χ1) is 7.38. The zero-order valence-electron chi connectivity index (χ0n) is 8.44. The average molecular weight is 280 g/mol. The first-order valence-corrected chi connectivity index (χ1v) is 7.91. The zero-order valence-corrected chi connectivity index (χ0v) is 10.8. The minimum atomic E-state index is -3.73. The third kappa shape index (κ3) is 2.56. The summed E-state index contributed by atoms with van der Waals surface area (Å²) in [4.78, 5) is 11.6. The van der Waals surface area contributed by atoms with Crippen LogP contribution in [-0.4, -0.2) is 20.4 Å². The highest BCUT2D eigenvalue weighted by molar-refractivity contribution is 8.15. The summed E-state index contributed by atoms with van der Waals surface area (Å²) in [7, 11) is 1.44. The second-order valence-electron chi connectivity index (χ2n) is 3.89. The molecule has 7 heteroatoms. The van der Waals surface area contributed by atoms with Gasteiger partial charge in [0.1, 0.15) is 4.21 Å². The second-order valence-corrected chi connectivity index (χ2v) is 7.59. The molecule has 1 aromatic rings. The van der Waals surface area contributed by atoms with E-state index in [4.69, 9.17) is 10.7 Å². The van der Waals surface area contributed by atoms with Gasteiger partial charge in [-0.2, -0.15) is 0 Å². The van der Waals surface area contributed by atoms with Gasteiger partial charge in [-0.15, -0.1) is 11.3 Å². The molecule has 16 heavy (non-hydrogen) atoms. The van der Waals surface area contributed by atoms with E-state index in [0.717, 1.165) is 17.8 Å². The van der Waals surface area contributed by atoms with Crippen molar-refractivity contribution < 1.29 is 13.2 Å². The highest BCUT2D eigenvalue weighted by atomic mass is 35.7. The van der Waals surface area contributed by atoms with Gasteiger partial charge in [0, 0.05) is 22.1 Å². The van der Waals surface area contributed by atoms with Crippen LogP contribution < -0.4 is 5.32 Å². The van der Waals surface area contributed by atoms with E-state index < -0.39 is 9.05 Å². The quantitative estimate of drug-likeness (QED) is 0.859. The molecule has 0 bridgehead atoms. The lowest BCUT2D eigenvalue weighted by atomic mass is 10.3. The number of thiophene rings is 1. The van der Waals surface area contributed by atoms with Gasteiger partial charge >= 0.3 is 0 Å². The van der Waals surface area contributed by atoms with Crippen molar-refractivity contribution in [1.82, 2.24) is 5.32 Å². The highest BCUT2D eigenvalue weighted by Gasteiger charge is 2.34. The van der Waals surface area contributed by atoms with Crippen LogP contribution >= 0.6 is 22.0 Å². The Labute approximate surface area is 102 Å². The summed E-state index contributed by atoms with van der Waals surface area (Å²) in [6.07, 6.45) is 0.983. The van der Waals surface area contributed by atoms with Gasteiger partial charge in [0.05, 0.1) is 5.56 Å². The van der Waals surface area contributed by atoms with E-state index in [-0.39, 0.29) is 16.2 Å². The lowest BCUT2D eigenvalue weighted by Gasteiger charge is -2.00. The van der Waals surface area contributed by atoms with Crippen LogP contribution in [0.4, 0.5) is 0 Å². The summed E-state index contributed by atoms with van der Waals surface area (Å²) in [5, 5.41) is 4.31. The van der Waals surface area contributed by atoms with Crippen molar-refractivity contribution in [2.75, 3.05) is 0 Å². The first-order valence-electron chi connectivity index (χ1n) is 4.72. The first kappa shape index (κ1) is 11.9. The van der Waals surface area contributed by atoms with E-state index in [0.29, 0.717) is 11.5 Å². The summed E-state index contributed by atoms with van der Waals surface area (Å²) in [6, 6.07) is 1.53. The van der Waals surface area contributed by atoms with Gasteiger partial charge in [-0.1, -0.05) is 6.92 Å². The number of amides is 1. The fraction of sp³-hybridized carbons (Fsp3) is 0.444. The van der Waals surface area contributed by atoms with Crippen LogP contribution in [0.25, 0.3) is 0 Å². The minimum absolute atomic E-state index is 0.00293. The van der Waals surface area contributed by atoms with Gasteiger partial charge in [0.2, 0.25) is 0 Å². The number of hydrogen-bond donors (Lipinski definition) is 1. The maximum atomic E-state index is 11.6. The molecule has 0 aromatic carbocycles. The topological polar surface area (TPSA) is 63.2 Å². The van der Waals surface area contributed by atoms with E-state index in [1.807, 2.05) is 6.92 Å². The summed E-state index contributed by atoms with van der Waals surface area (Å²) in [5.74, 6) is 0.274. The van der Waals surface area contributed by atoms with E-state index in [9.17, 15) is 13.2 Å². The van der Waals surface area contributed by atoms with Gasteiger partial charge < -0.3 is 5.32 Å². The molecule has 1 aliphatic carbocycles. The van der Waals surface area contributed by atoms with Crippen LogP contribution in [0.3, 0.4) is 0 Å². The molecule has 1 N–H and O–H groups in total. The fourth-order valence-electron chi connectivity index (χ4n) is 1.34. The van der Waals surface area contributed by atoms with Crippen LogP contribution in [0.5, 0.6) is 0 Å². The molecule has 88 valence electrons. The van der Waals surface area contributed by atoms with E-state index in [1.54, 1.807) is 0 Å². The molecule has 2 unspecified atom stereocenters. The lowest BCUT2D eigenvalue weighted by Crippen LogP contribution is -2.26. The number of hydrogen-bond acceptors (Lipinski definition) is 4. The zero-order chi connectivity index (χ0) is 11.9. The van der Waals surface area contributed by atoms with Crippen molar-refractivity contribution in [3.8, 4) is 0 Å². The SMILES string of the molecule is CC1CC1NC(=O)c1csc(S(=O)(=O)Cl)c1. The summed E-state index contributed by atoms with van der Waals surface area (Å²) >= 11 is 0.952. The number of carbonyl (C=O) groups is 1. The number of carbonyl (C=O) groups excluding carboxylic acids is 1. The second kappa shape index (κ2) is 4.01. The molecule has 1 fully saturated rings. The van der Waals surface area contributed by atoms with Gasteiger partial charge in [-0.25, -0.2) is 8.42 Å². The average Bonchev–Trinajstić information content (AvgIpc) is 2.70. The molecule has 0 saturated heterocycles. The Hall–Kier alpha value is -0.590. The van der Waals surface area contributed by atoms with Crippen LogP contribution in [0.15, 0.2) is 15.7 Å². The van der Waals surface area contributed by atoms with Gasteiger partial charge in [-0.3, -0.25) is 4.79 Å². The maximum Gasteiger partial charge on any atom is 0.270 e. The number of halogens is 1. The largest absolute Gasteiger partial charge is 0.349 e. The van der Waals surface area contributed by atoms with Crippen molar-refractivity contribution in [3.05, 3.63) is 17.0 Å². The summed E-state index contributed by atoms with van der Waals surface area (Å²) < 4.78 is 22.0. The molecule has 0 spiro atoms. The molecule has 4 nitrogen and oxygen atoms in total. The summed E-state index contributed by atoms with van der Waals surface area (Å²) in [6.45, 7) is 2.05. The Morgan fingerprint density at radius 1 is 1.62 bits per heavy atom. The Morgan fingerprint density at radius 3 is 2.69 bits per heavy atom. The predicted octanol–water partition coefficient (Wildman–Crippen LogP) is 1.81. The molecule has 2 rings (SSSR count). The smallest absolute Gasteiger partial charge is 0.270 e. The third-order valence-electron chi connectivity index (χ3n) is 2.50. The van der Waals surface area contributed by atoms with E-state index >= 15 is 0 Å². The molecule has 1 amide bonds. The Morgan fingerprint density at radius 2 is 2.25 bits per heavy atom. The van der Waals surface area contributed by atoms with Gasteiger partial charge in [-0.05, 0) is 18.4 Å².